The number of halogens is 1. The summed E-state index contributed by atoms with van der Waals surface area (Å²) in [5.74, 6) is 0.742. The minimum atomic E-state index is -3.38. The van der Waals surface area contributed by atoms with Crippen LogP contribution in [0.5, 0.6) is 0 Å². The lowest BCUT2D eigenvalue weighted by atomic mass is 9.94. The van der Waals surface area contributed by atoms with E-state index in [4.69, 9.17) is 11.6 Å². The smallest absolute Gasteiger partial charge is 0.225 e. The SMILES string of the molecule is CCC(CC1CCN(C(=O)C2CCCC2)C1C)S(=O)(=O)N1CCN(c2cccc(Cl)c2)CC1. The molecule has 3 unspecified atom stereocenters. The van der Waals surface area contributed by atoms with E-state index in [1.807, 2.05) is 36.1 Å². The maximum Gasteiger partial charge on any atom is 0.225 e. The molecule has 184 valence electrons. The number of likely N-dealkylation sites (tertiary alicyclic amines) is 1. The topological polar surface area (TPSA) is 60.9 Å². The number of carbonyl (C=O) groups is 1. The van der Waals surface area contributed by atoms with Gasteiger partial charge in [0.1, 0.15) is 0 Å². The molecular weight excluding hydrogens is 458 g/mol. The Bertz CT molecular complexity index is 927. The number of sulfonamides is 1. The molecule has 0 radical (unpaired) electrons. The minimum absolute atomic E-state index is 0.127. The van der Waals surface area contributed by atoms with E-state index in [2.05, 4.69) is 11.8 Å². The molecule has 2 aliphatic heterocycles. The highest BCUT2D eigenvalue weighted by atomic mass is 35.5. The number of benzene rings is 1. The van der Waals surface area contributed by atoms with Crippen molar-refractivity contribution in [1.82, 2.24) is 9.21 Å². The summed E-state index contributed by atoms with van der Waals surface area (Å²) >= 11 is 6.13. The van der Waals surface area contributed by atoms with Crippen molar-refractivity contribution in [2.45, 2.75) is 70.1 Å². The molecule has 1 aromatic rings. The first-order chi connectivity index (χ1) is 15.8. The first-order valence-corrected chi connectivity index (χ1v) is 14.5. The van der Waals surface area contributed by atoms with Crippen LogP contribution in [0.25, 0.3) is 0 Å². The predicted molar refractivity (Wildman–Crippen MR) is 134 cm³/mol. The number of anilines is 1. The van der Waals surface area contributed by atoms with Crippen molar-refractivity contribution in [2.24, 2.45) is 11.8 Å². The highest BCUT2D eigenvalue weighted by Gasteiger charge is 2.41. The molecule has 1 aromatic carbocycles. The van der Waals surface area contributed by atoms with Gasteiger partial charge >= 0.3 is 0 Å². The zero-order valence-electron chi connectivity index (χ0n) is 20.0. The molecule has 1 amide bonds. The van der Waals surface area contributed by atoms with Crippen molar-refractivity contribution in [3.05, 3.63) is 29.3 Å². The number of nitrogens with zero attached hydrogens (tertiary/aromatic N) is 3. The van der Waals surface area contributed by atoms with Gasteiger partial charge in [0.25, 0.3) is 0 Å². The van der Waals surface area contributed by atoms with Crippen LogP contribution in [0.2, 0.25) is 5.02 Å². The fourth-order valence-electron chi connectivity index (χ4n) is 5.96. The average molecular weight is 496 g/mol. The van der Waals surface area contributed by atoms with Crippen LogP contribution in [-0.2, 0) is 14.8 Å². The van der Waals surface area contributed by atoms with Gasteiger partial charge in [0, 0.05) is 55.4 Å². The highest BCUT2D eigenvalue weighted by Crippen LogP contribution is 2.35. The molecule has 0 spiro atoms. The Balaban J connectivity index is 1.35. The second-order valence-corrected chi connectivity index (χ2v) is 12.6. The second-order valence-electron chi connectivity index (χ2n) is 9.98. The summed E-state index contributed by atoms with van der Waals surface area (Å²) in [6.45, 7) is 7.20. The summed E-state index contributed by atoms with van der Waals surface area (Å²) in [7, 11) is -3.38. The summed E-state index contributed by atoms with van der Waals surface area (Å²) in [5, 5.41) is 0.309. The number of rotatable bonds is 7. The van der Waals surface area contributed by atoms with Crippen LogP contribution in [0.15, 0.2) is 24.3 Å². The Morgan fingerprint density at radius 3 is 2.42 bits per heavy atom. The van der Waals surface area contributed by atoms with E-state index in [1.54, 1.807) is 4.31 Å². The van der Waals surface area contributed by atoms with Gasteiger partial charge in [0.15, 0.2) is 0 Å². The van der Waals surface area contributed by atoms with Crippen LogP contribution in [0.4, 0.5) is 5.69 Å². The van der Waals surface area contributed by atoms with Gasteiger partial charge in [-0.25, -0.2) is 8.42 Å². The fourth-order valence-corrected chi connectivity index (χ4v) is 8.15. The van der Waals surface area contributed by atoms with E-state index in [-0.39, 0.29) is 23.1 Å². The van der Waals surface area contributed by atoms with Crippen molar-refractivity contribution in [1.29, 1.82) is 0 Å². The number of hydrogen-bond acceptors (Lipinski definition) is 4. The predicted octanol–water partition coefficient (Wildman–Crippen LogP) is 4.39. The molecule has 1 aliphatic carbocycles. The Morgan fingerprint density at radius 1 is 1.09 bits per heavy atom. The van der Waals surface area contributed by atoms with Gasteiger partial charge in [0.05, 0.1) is 5.25 Å². The zero-order chi connectivity index (χ0) is 23.6. The molecule has 0 N–H and O–H groups in total. The van der Waals surface area contributed by atoms with Gasteiger partial charge < -0.3 is 9.80 Å². The molecule has 0 bridgehead atoms. The molecule has 8 heteroatoms. The van der Waals surface area contributed by atoms with E-state index in [1.165, 1.54) is 0 Å². The Morgan fingerprint density at radius 2 is 1.79 bits per heavy atom. The van der Waals surface area contributed by atoms with E-state index < -0.39 is 10.0 Å². The normalized spacial score (nSPS) is 26.2. The molecule has 2 heterocycles. The molecule has 1 saturated carbocycles. The Kier molecular flexibility index (Phi) is 7.91. The Labute approximate surface area is 204 Å². The molecule has 3 aliphatic rings. The molecular formula is C25H38ClN3O3S. The van der Waals surface area contributed by atoms with Gasteiger partial charge in [-0.05, 0) is 63.1 Å². The summed E-state index contributed by atoms with van der Waals surface area (Å²) in [5.41, 5.74) is 1.04. The van der Waals surface area contributed by atoms with Gasteiger partial charge in [-0.15, -0.1) is 0 Å². The van der Waals surface area contributed by atoms with Crippen LogP contribution < -0.4 is 4.90 Å². The van der Waals surface area contributed by atoms with Crippen molar-refractivity contribution >= 4 is 33.2 Å². The number of amides is 1. The van der Waals surface area contributed by atoms with Crippen molar-refractivity contribution < 1.29 is 13.2 Å². The van der Waals surface area contributed by atoms with Crippen molar-refractivity contribution in [2.75, 3.05) is 37.6 Å². The summed E-state index contributed by atoms with van der Waals surface area (Å²) in [4.78, 5) is 17.2. The van der Waals surface area contributed by atoms with E-state index in [0.29, 0.717) is 50.0 Å². The van der Waals surface area contributed by atoms with Crippen LogP contribution in [-0.4, -0.2) is 67.5 Å². The first kappa shape index (κ1) is 24.8. The fraction of sp³-hybridized carbons (Fsp3) is 0.720. The first-order valence-electron chi connectivity index (χ1n) is 12.6. The van der Waals surface area contributed by atoms with Gasteiger partial charge in [-0.3, -0.25) is 4.79 Å². The monoisotopic (exact) mass is 495 g/mol. The zero-order valence-corrected chi connectivity index (χ0v) is 21.5. The van der Waals surface area contributed by atoms with Crippen LogP contribution in [0, 0.1) is 11.8 Å². The average Bonchev–Trinajstić information content (AvgIpc) is 3.47. The van der Waals surface area contributed by atoms with Crippen molar-refractivity contribution in [3.63, 3.8) is 0 Å². The third-order valence-electron chi connectivity index (χ3n) is 8.12. The number of carbonyl (C=O) groups excluding carboxylic acids is 1. The highest BCUT2D eigenvalue weighted by molar-refractivity contribution is 7.89. The number of piperazine rings is 1. The number of hydrogen-bond donors (Lipinski definition) is 0. The van der Waals surface area contributed by atoms with Gasteiger partial charge in [0.2, 0.25) is 15.9 Å². The Hall–Kier alpha value is -1.31. The lowest BCUT2D eigenvalue weighted by Crippen LogP contribution is -2.51. The third kappa shape index (κ3) is 5.35. The molecule has 3 atom stereocenters. The van der Waals surface area contributed by atoms with Crippen molar-refractivity contribution in [3.8, 4) is 0 Å². The maximum absolute atomic E-state index is 13.5. The van der Waals surface area contributed by atoms with Crippen LogP contribution >= 0.6 is 11.6 Å². The van der Waals surface area contributed by atoms with E-state index >= 15 is 0 Å². The minimum Gasteiger partial charge on any atom is -0.369 e. The largest absolute Gasteiger partial charge is 0.369 e. The molecule has 4 rings (SSSR count). The third-order valence-corrected chi connectivity index (χ3v) is 10.8. The standard InChI is InChI=1S/C25H38ClN3O3S/c1-3-24(17-21-11-12-29(19(21)2)25(30)20-7-4-5-8-20)33(31,32)28-15-13-27(14-16-28)23-10-6-9-22(26)18-23/h6,9-10,18-21,24H,3-5,7-8,11-17H2,1-2H3. The second kappa shape index (κ2) is 10.5. The van der Waals surface area contributed by atoms with Crippen LogP contribution in [0.3, 0.4) is 0 Å². The lowest BCUT2D eigenvalue weighted by molar-refractivity contribution is -0.136. The molecule has 3 fully saturated rings. The summed E-state index contributed by atoms with van der Waals surface area (Å²) in [6, 6.07) is 7.86. The molecule has 33 heavy (non-hydrogen) atoms. The molecule has 0 aromatic heterocycles. The molecule has 6 nitrogen and oxygen atoms in total. The lowest BCUT2D eigenvalue weighted by Gasteiger charge is -2.37. The molecule has 2 saturated heterocycles. The van der Waals surface area contributed by atoms with Gasteiger partial charge in [-0.1, -0.05) is 37.4 Å². The van der Waals surface area contributed by atoms with Crippen LogP contribution in [0.1, 0.15) is 58.8 Å². The quantitative estimate of drug-likeness (QED) is 0.563. The van der Waals surface area contributed by atoms with E-state index in [0.717, 1.165) is 44.3 Å². The van der Waals surface area contributed by atoms with Gasteiger partial charge in [-0.2, -0.15) is 4.31 Å². The maximum atomic E-state index is 13.5. The van der Waals surface area contributed by atoms with E-state index in [9.17, 15) is 13.2 Å². The summed E-state index contributed by atoms with van der Waals surface area (Å²) in [6.07, 6.45) is 6.50. The summed E-state index contributed by atoms with van der Waals surface area (Å²) < 4.78 is 28.8.